The number of halogens is 1. The van der Waals surface area contributed by atoms with E-state index in [1.165, 1.54) is 11.1 Å². The molecule has 6 heteroatoms. The summed E-state index contributed by atoms with van der Waals surface area (Å²) in [5, 5.41) is 3.69. The van der Waals surface area contributed by atoms with Gasteiger partial charge >= 0.3 is 0 Å². The molecule has 0 bridgehead atoms. The zero-order chi connectivity index (χ0) is 28.0. The van der Waals surface area contributed by atoms with Crippen LogP contribution in [0.3, 0.4) is 0 Å². The van der Waals surface area contributed by atoms with Crippen LogP contribution in [0.15, 0.2) is 65.3 Å². The molecule has 0 heterocycles. The highest BCUT2D eigenvalue weighted by Gasteiger charge is 2.45. The van der Waals surface area contributed by atoms with Gasteiger partial charge in [0.1, 0.15) is 22.6 Å². The summed E-state index contributed by atoms with van der Waals surface area (Å²) in [7, 11) is -1.21. The Bertz CT molecular complexity index is 1220. The van der Waals surface area contributed by atoms with Crippen LogP contribution in [0.5, 0.6) is 5.75 Å². The van der Waals surface area contributed by atoms with E-state index in [-0.39, 0.29) is 23.2 Å². The molecule has 4 rings (SSSR count). The van der Waals surface area contributed by atoms with Crippen LogP contribution in [0.25, 0.3) is 0 Å². The molecule has 2 aromatic rings. The minimum Gasteiger partial charge on any atom is -0.494 e. The second kappa shape index (κ2) is 13.4. The molecule has 2 N–H and O–H groups in total. The van der Waals surface area contributed by atoms with E-state index in [1.807, 2.05) is 44.2 Å². The van der Waals surface area contributed by atoms with Crippen molar-refractivity contribution >= 4 is 11.0 Å². The summed E-state index contributed by atoms with van der Waals surface area (Å²) < 4.78 is 36.3. The maximum absolute atomic E-state index is 13.5. The van der Waals surface area contributed by atoms with Crippen LogP contribution in [-0.4, -0.2) is 23.4 Å². The van der Waals surface area contributed by atoms with Crippen LogP contribution >= 0.6 is 0 Å². The highest BCUT2D eigenvalue weighted by Crippen LogP contribution is 2.47. The molecule has 2 aromatic carbocycles. The van der Waals surface area contributed by atoms with Crippen molar-refractivity contribution in [3.63, 3.8) is 0 Å². The molecule has 2 aliphatic rings. The second-order valence-corrected chi connectivity index (χ2v) is 12.8. The Morgan fingerprint density at radius 1 is 1.21 bits per heavy atom. The Hall–Kier alpha value is -2.28. The van der Waals surface area contributed by atoms with Gasteiger partial charge in [-0.1, -0.05) is 44.5 Å². The van der Waals surface area contributed by atoms with E-state index in [2.05, 4.69) is 42.9 Å². The molecule has 1 saturated carbocycles. The number of rotatable bonds is 12. The van der Waals surface area contributed by atoms with Crippen molar-refractivity contribution in [1.82, 2.24) is 10.0 Å². The van der Waals surface area contributed by atoms with E-state index in [0.29, 0.717) is 18.9 Å². The minimum absolute atomic E-state index is 0.110. The van der Waals surface area contributed by atoms with Gasteiger partial charge in [0.25, 0.3) is 0 Å². The molecular formula is C33H45FN2O2S. The van der Waals surface area contributed by atoms with Crippen LogP contribution in [0.2, 0.25) is 0 Å². The van der Waals surface area contributed by atoms with Crippen molar-refractivity contribution in [2.24, 2.45) is 11.3 Å². The third kappa shape index (κ3) is 7.08. The first kappa shape index (κ1) is 29.7. The molecule has 0 spiro atoms. The van der Waals surface area contributed by atoms with Crippen molar-refractivity contribution in [2.45, 2.75) is 90.1 Å². The van der Waals surface area contributed by atoms with Crippen molar-refractivity contribution in [3.05, 3.63) is 82.7 Å². The van der Waals surface area contributed by atoms with Crippen LogP contribution in [0.1, 0.15) is 81.0 Å². The van der Waals surface area contributed by atoms with E-state index in [0.717, 1.165) is 60.5 Å². The molecule has 0 saturated heterocycles. The molecule has 4 atom stereocenters. The Morgan fingerprint density at radius 3 is 2.72 bits per heavy atom. The Morgan fingerprint density at radius 2 is 2.03 bits per heavy atom. The zero-order valence-electron chi connectivity index (χ0n) is 24.2. The monoisotopic (exact) mass is 552 g/mol. The number of ether oxygens (including phenoxy) is 1. The van der Waals surface area contributed by atoms with Gasteiger partial charge in [0, 0.05) is 24.1 Å². The van der Waals surface area contributed by atoms with Gasteiger partial charge in [0.15, 0.2) is 0 Å². The topological polar surface area (TPSA) is 50.4 Å². The SMILES string of the molecule is CCOc1cc(CNCCC2(C(C)C)CCCC2NS(=O)c2cccc(C)c2)cc(C)c1C1C=CC(F)=CC1. The molecule has 0 radical (unpaired) electrons. The van der Waals surface area contributed by atoms with Crippen molar-refractivity contribution in [1.29, 1.82) is 0 Å². The van der Waals surface area contributed by atoms with E-state index in [4.69, 9.17) is 4.74 Å². The first-order valence-electron chi connectivity index (χ1n) is 14.5. The quantitative estimate of drug-likeness (QED) is 0.267. The summed E-state index contributed by atoms with van der Waals surface area (Å²) in [5.74, 6) is 1.36. The molecule has 0 amide bonds. The number of allylic oxidation sites excluding steroid dienone is 4. The molecule has 4 nitrogen and oxygen atoms in total. The zero-order valence-corrected chi connectivity index (χ0v) is 25.0. The molecule has 4 unspecified atom stereocenters. The largest absolute Gasteiger partial charge is 0.494 e. The van der Waals surface area contributed by atoms with Gasteiger partial charge < -0.3 is 10.1 Å². The first-order valence-corrected chi connectivity index (χ1v) is 15.6. The summed E-state index contributed by atoms with van der Waals surface area (Å²) in [6.45, 7) is 13.0. The highest BCUT2D eigenvalue weighted by atomic mass is 32.2. The average Bonchev–Trinajstić information content (AvgIpc) is 3.31. The molecule has 0 aliphatic heterocycles. The number of hydrogen-bond acceptors (Lipinski definition) is 3. The van der Waals surface area contributed by atoms with E-state index < -0.39 is 11.0 Å². The van der Waals surface area contributed by atoms with E-state index in [9.17, 15) is 8.60 Å². The Kier molecular flexibility index (Phi) is 10.2. The fraction of sp³-hybridized carbons (Fsp3) is 0.515. The standard InChI is InChI=1S/C33H45FN2O2S/c1-6-38-30-21-26(20-25(5)32(30)27-12-14-28(34)15-13-27)22-35-18-17-33(23(2)3)16-8-11-31(33)36-39(37)29-10-7-9-24(4)19-29/h7,9-10,12,14-15,19-21,23,27,31,35-36H,6,8,11,13,16-18,22H2,1-5H3. The maximum Gasteiger partial charge on any atom is 0.125 e. The maximum atomic E-state index is 13.5. The van der Waals surface area contributed by atoms with Gasteiger partial charge in [-0.15, -0.1) is 0 Å². The van der Waals surface area contributed by atoms with Crippen LogP contribution < -0.4 is 14.8 Å². The van der Waals surface area contributed by atoms with Crippen LogP contribution in [0, 0.1) is 25.2 Å². The summed E-state index contributed by atoms with van der Waals surface area (Å²) in [6, 6.07) is 12.6. The number of nitrogens with one attached hydrogen (secondary N) is 2. The third-order valence-corrected chi connectivity index (χ3v) is 9.84. The fourth-order valence-corrected chi connectivity index (χ4v) is 7.77. The molecular weight excluding hydrogens is 507 g/mol. The minimum atomic E-state index is -1.21. The lowest BCUT2D eigenvalue weighted by atomic mass is 9.70. The average molecular weight is 553 g/mol. The lowest BCUT2D eigenvalue weighted by Crippen LogP contribution is -2.46. The number of benzene rings is 2. The van der Waals surface area contributed by atoms with Gasteiger partial charge in [-0.2, -0.15) is 0 Å². The molecule has 39 heavy (non-hydrogen) atoms. The molecule has 212 valence electrons. The normalized spacial score (nSPS) is 23.7. The van der Waals surface area contributed by atoms with Crippen molar-refractivity contribution in [2.75, 3.05) is 13.2 Å². The lowest BCUT2D eigenvalue weighted by molar-refractivity contribution is 0.144. The van der Waals surface area contributed by atoms with E-state index >= 15 is 0 Å². The highest BCUT2D eigenvalue weighted by molar-refractivity contribution is 7.83. The summed E-state index contributed by atoms with van der Waals surface area (Å²) >= 11 is 0. The number of hydrogen-bond donors (Lipinski definition) is 2. The van der Waals surface area contributed by atoms with Gasteiger partial charge in [0.05, 0.1) is 11.5 Å². The predicted molar refractivity (Wildman–Crippen MR) is 160 cm³/mol. The van der Waals surface area contributed by atoms with Crippen molar-refractivity contribution < 1.29 is 13.3 Å². The lowest BCUT2D eigenvalue weighted by Gasteiger charge is -2.40. The van der Waals surface area contributed by atoms with E-state index in [1.54, 1.807) is 12.2 Å². The summed E-state index contributed by atoms with van der Waals surface area (Å²) in [6.07, 6.45) is 10.2. The van der Waals surface area contributed by atoms with Crippen LogP contribution in [0.4, 0.5) is 4.39 Å². The Labute approximate surface area is 237 Å². The molecule has 0 aromatic heterocycles. The number of aryl methyl sites for hydroxylation is 2. The predicted octanol–water partition coefficient (Wildman–Crippen LogP) is 7.59. The van der Waals surface area contributed by atoms with Gasteiger partial charge in [-0.3, -0.25) is 0 Å². The summed E-state index contributed by atoms with van der Waals surface area (Å²) in [5.41, 5.74) is 4.77. The second-order valence-electron chi connectivity index (χ2n) is 11.5. The fourth-order valence-electron chi connectivity index (χ4n) is 6.53. The first-order chi connectivity index (χ1) is 18.7. The Balaban J connectivity index is 1.40. The van der Waals surface area contributed by atoms with Gasteiger partial charge in [0.2, 0.25) is 0 Å². The smallest absolute Gasteiger partial charge is 0.125 e. The van der Waals surface area contributed by atoms with Gasteiger partial charge in [-0.05, 0) is 111 Å². The van der Waals surface area contributed by atoms with Gasteiger partial charge in [-0.25, -0.2) is 13.3 Å². The molecule has 2 aliphatic carbocycles. The molecule has 1 fully saturated rings. The van der Waals surface area contributed by atoms with Crippen LogP contribution in [-0.2, 0) is 17.5 Å². The third-order valence-electron chi connectivity index (χ3n) is 8.66. The summed E-state index contributed by atoms with van der Waals surface area (Å²) in [4.78, 5) is 0.853. The van der Waals surface area contributed by atoms with Crippen molar-refractivity contribution in [3.8, 4) is 5.75 Å².